The highest BCUT2D eigenvalue weighted by Gasteiger charge is 2.19. The molecule has 282 valence electrons. The van der Waals surface area contributed by atoms with Crippen molar-refractivity contribution in [3.05, 3.63) is 229 Å². The van der Waals surface area contributed by atoms with Crippen molar-refractivity contribution >= 4 is 50.1 Å². The van der Waals surface area contributed by atoms with E-state index in [0.29, 0.717) is 18.2 Å². The minimum Gasteiger partial charge on any atom is -0.455 e. The van der Waals surface area contributed by atoms with Gasteiger partial charge in [-0.25, -0.2) is 9.98 Å². The zero-order valence-corrected chi connectivity index (χ0v) is 32.7. The molecule has 4 nitrogen and oxygen atoms in total. The first-order valence-electron chi connectivity index (χ1n) is 20.3. The van der Waals surface area contributed by atoms with E-state index >= 15 is 0 Å². The third kappa shape index (κ3) is 6.41. The Bertz CT molecular complexity index is 3320. The lowest BCUT2D eigenvalue weighted by atomic mass is 9.91. The lowest BCUT2D eigenvalue weighted by molar-refractivity contribution is 0.670. The van der Waals surface area contributed by atoms with E-state index in [2.05, 4.69) is 188 Å². The molecule has 0 saturated heterocycles. The molecule has 0 bridgehead atoms. The Hall–Kier alpha value is -7.95. The molecule has 0 unspecified atom stereocenters. The molecule has 0 radical (unpaired) electrons. The third-order valence-corrected chi connectivity index (χ3v) is 11.5. The molecule has 9 aromatic carbocycles. The standard InChI is InChI=1S/C56H37N3O/c1-3-15-37(16-4-1)41-19-13-20-42(35-41)52-36-57-56(51-25-10-7-21-43(51)38-17-5-2-6-18-38)59-55(58-52)40-31-29-39(30-32-40)44-33-34-47(46-23-9-8-22-45(44)46)49-26-14-27-50-48-24-11-12-28-53(48)60-54(49)50/h1-35H,36H2. The van der Waals surface area contributed by atoms with Gasteiger partial charge in [0.1, 0.15) is 11.2 Å². The van der Waals surface area contributed by atoms with Crippen molar-refractivity contribution in [1.82, 2.24) is 0 Å². The third-order valence-electron chi connectivity index (χ3n) is 11.5. The maximum absolute atomic E-state index is 6.48. The summed E-state index contributed by atoms with van der Waals surface area (Å²) in [5.41, 5.74) is 14.6. The van der Waals surface area contributed by atoms with E-state index in [1.54, 1.807) is 0 Å². The van der Waals surface area contributed by atoms with Crippen molar-refractivity contribution in [1.29, 1.82) is 0 Å². The van der Waals surface area contributed by atoms with Crippen LogP contribution in [-0.4, -0.2) is 23.9 Å². The molecule has 1 aromatic heterocycles. The van der Waals surface area contributed by atoms with E-state index in [4.69, 9.17) is 19.4 Å². The van der Waals surface area contributed by atoms with Crippen LogP contribution in [0.25, 0.3) is 77.2 Å². The van der Waals surface area contributed by atoms with E-state index in [9.17, 15) is 0 Å². The van der Waals surface area contributed by atoms with E-state index < -0.39 is 0 Å². The van der Waals surface area contributed by atoms with Gasteiger partial charge in [0.15, 0.2) is 11.7 Å². The zero-order chi connectivity index (χ0) is 39.8. The number of para-hydroxylation sites is 2. The highest BCUT2D eigenvalue weighted by atomic mass is 16.3. The Morgan fingerprint density at radius 3 is 1.67 bits per heavy atom. The topological polar surface area (TPSA) is 50.2 Å². The second-order valence-electron chi connectivity index (χ2n) is 15.1. The fourth-order valence-corrected chi connectivity index (χ4v) is 8.50. The molecule has 2 heterocycles. The van der Waals surface area contributed by atoms with E-state index in [1.807, 2.05) is 24.3 Å². The number of amidine groups is 2. The Morgan fingerprint density at radius 1 is 0.317 bits per heavy atom. The summed E-state index contributed by atoms with van der Waals surface area (Å²) in [6, 6.07) is 74.3. The van der Waals surface area contributed by atoms with Crippen LogP contribution < -0.4 is 0 Å². The largest absolute Gasteiger partial charge is 0.455 e. The Balaban J connectivity index is 1.01. The van der Waals surface area contributed by atoms with Gasteiger partial charge < -0.3 is 4.42 Å². The summed E-state index contributed by atoms with van der Waals surface area (Å²) in [7, 11) is 0. The summed E-state index contributed by atoms with van der Waals surface area (Å²) in [6.07, 6.45) is 0. The molecule has 0 spiro atoms. The Labute approximate surface area is 348 Å². The first-order valence-corrected chi connectivity index (χ1v) is 20.3. The summed E-state index contributed by atoms with van der Waals surface area (Å²) in [4.78, 5) is 15.7. The average Bonchev–Trinajstić information content (AvgIpc) is 3.56. The second kappa shape index (κ2) is 15.1. The van der Waals surface area contributed by atoms with E-state index in [0.717, 1.165) is 88.8 Å². The maximum Gasteiger partial charge on any atom is 0.161 e. The van der Waals surface area contributed by atoms with Gasteiger partial charge in [0.05, 0.1) is 12.3 Å². The predicted octanol–water partition coefficient (Wildman–Crippen LogP) is 14.1. The van der Waals surface area contributed by atoms with Gasteiger partial charge in [-0.15, -0.1) is 0 Å². The zero-order valence-electron chi connectivity index (χ0n) is 32.7. The van der Waals surface area contributed by atoms with Crippen LogP contribution in [0.4, 0.5) is 0 Å². The number of rotatable bonds is 7. The highest BCUT2D eigenvalue weighted by molar-refractivity contribution is 6.21. The van der Waals surface area contributed by atoms with Gasteiger partial charge in [-0.2, -0.15) is 0 Å². The normalized spacial score (nSPS) is 12.9. The summed E-state index contributed by atoms with van der Waals surface area (Å²) in [5, 5.41) is 4.60. The molecule has 0 atom stereocenters. The van der Waals surface area contributed by atoms with Crippen LogP contribution in [0.15, 0.2) is 232 Å². The summed E-state index contributed by atoms with van der Waals surface area (Å²) >= 11 is 0. The molecule has 0 saturated carbocycles. The average molecular weight is 768 g/mol. The lowest BCUT2D eigenvalue weighted by Crippen LogP contribution is -2.08. The van der Waals surface area contributed by atoms with Crippen LogP contribution in [0.2, 0.25) is 0 Å². The van der Waals surface area contributed by atoms with E-state index in [-0.39, 0.29) is 0 Å². The highest BCUT2D eigenvalue weighted by Crippen LogP contribution is 2.41. The van der Waals surface area contributed by atoms with Crippen LogP contribution in [0.1, 0.15) is 16.7 Å². The van der Waals surface area contributed by atoms with Crippen molar-refractivity contribution in [3.8, 4) is 44.5 Å². The Kier molecular flexibility index (Phi) is 8.86. The molecule has 10 aromatic rings. The number of hydrogen-bond donors (Lipinski definition) is 0. The predicted molar refractivity (Wildman–Crippen MR) is 250 cm³/mol. The molecule has 60 heavy (non-hydrogen) atoms. The van der Waals surface area contributed by atoms with Gasteiger partial charge in [0.25, 0.3) is 0 Å². The molecule has 0 amide bonds. The fourth-order valence-electron chi connectivity index (χ4n) is 8.50. The Morgan fingerprint density at radius 2 is 0.867 bits per heavy atom. The van der Waals surface area contributed by atoms with Crippen LogP contribution in [0.3, 0.4) is 0 Å². The van der Waals surface area contributed by atoms with Gasteiger partial charge >= 0.3 is 0 Å². The van der Waals surface area contributed by atoms with Crippen molar-refractivity contribution < 1.29 is 4.42 Å². The number of aliphatic imine (C=N–C) groups is 3. The molecular weight excluding hydrogens is 731 g/mol. The maximum atomic E-state index is 6.48. The molecule has 11 rings (SSSR count). The first-order chi connectivity index (χ1) is 29.7. The van der Waals surface area contributed by atoms with Gasteiger partial charge in [-0.3, -0.25) is 4.99 Å². The summed E-state index contributed by atoms with van der Waals surface area (Å²) in [5.74, 6) is 1.28. The first kappa shape index (κ1) is 35.2. The van der Waals surface area contributed by atoms with Crippen LogP contribution in [0, 0.1) is 0 Å². The van der Waals surface area contributed by atoms with Gasteiger partial charge in [-0.05, 0) is 67.4 Å². The second-order valence-corrected chi connectivity index (χ2v) is 15.1. The van der Waals surface area contributed by atoms with E-state index in [1.165, 1.54) is 10.8 Å². The minimum absolute atomic E-state index is 0.391. The number of fused-ring (bicyclic) bond motifs is 4. The minimum atomic E-state index is 0.391. The van der Waals surface area contributed by atoms with Crippen LogP contribution >= 0.6 is 0 Å². The number of furan rings is 1. The van der Waals surface area contributed by atoms with Crippen molar-refractivity contribution in [2.45, 2.75) is 0 Å². The number of benzene rings is 9. The molecule has 0 fully saturated rings. The van der Waals surface area contributed by atoms with Gasteiger partial charge in [-0.1, -0.05) is 200 Å². The number of nitrogens with zero attached hydrogens (tertiary/aromatic N) is 3. The number of hydrogen-bond acceptors (Lipinski definition) is 4. The summed E-state index contributed by atoms with van der Waals surface area (Å²) < 4.78 is 6.48. The monoisotopic (exact) mass is 767 g/mol. The molecule has 1 aliphatic rings. The quantitative estimate of drug-likeness (QED) is 0.159. The van der Waals surface area contributed by atoms with Gasteiger partial charge in [0.2, 0.25) is 0 Å². The van der Waals surface area contributed by atoms with Crippen molar-refractivity contribution in [2.75, 3.05) is 6.54 Å². The fraction of sp³-hybridized carbons (Fsp3) is 0.0179. The van der Waals surface area contributed by atoms with Crippen LogP contribution in [0.5, 0.6) is 0 Å². The van der Waals surface area contributed by atoms with Crippen LogP contribution in [-0.2, 0) is 0 Å². The SMILES string of the molecule is c1ccc(-c2cccc(C3=NC(c4ccc(-c5ccc(-c6cccc7c6oc6ccccc67)c6ccccc56)cc4)=NC(c4ccccc4-c4ccccc4)=NC3)c2)cc1. The molecule has 0 N–H and O–H groups in total. The lowest BCUT2D eigenvalue weighted by Gasteiger charge is -2.13. The molecule has 1 aliphatic heterocycles. The molecular formula is C56H37N3O. The van der Waals surface area contributed by atoms with Crippen molar-refractivity contribution in [3.63, 3.8) is 0 Å². The smallest absolute Gasteiger partial charge is 0.161 e. The van der Waals surface area contributed by atoms with Crippen molar-refractivity contribution in [2.24, 2.45) is 15.0 Å². The van der Waals surface area contributed by atoms with Gasteiger partial charge in [0, 0.05) is 27.5 Å². The molecule has 0 aliphatic carbocycles. The summed E-state index contributed by atoms with van der Waals surface area (Å²) in [6.45, 7) is 0.391. The molecule has 4 heteroatoms.